The van der Waals surface area contributed by atoms with E-state index in [1.54, 1.807) is 30.3 Å². The number of piperidine rings is 1. The predicted octanol–water partition coefficient (Wildman–Crippen LogP) is 6.06. The zero-order chi connectivity index (χ0) is 21.7. The zero-order valence-electron chi connectivity index (χ0n) is 16.7. The highest BCUT2D eigenvalue weighted by Gasteiger charge is 2.27. The number of benzene rings is 2. The average Bonchev–Trinajstić information content (AvgIpc) is 2.73. The van der Waals surface area contributed by atoms with Crippen molar-refractivity contribution >= 4 is 62.3 Å². The van der Waals surface area contributed by atoms with E-state index in [0.29, 0.717) is 39.0 Å². The Morgan fingerprint density at radius 3 is 2.50 bits per heavy atom. The fourth-order valence-electron chi connectivity index (χ4n) is 3.63. The second-order valence-corrected chi connectivity index (χ2v) is 11.6. The smallest absolute Gasteiger partial charge is 0.264 e. The van der Waals surface area contributed by atoms with Crippen LogP contribution in [0.4, 0.5) is 5.69 Å². The molecule has 0 bridgehead atoms. The van der Waals surface area contributed by atoms with Crippen LogP contribution in [-0.2, 0) is 10.0 Å². The molecule has 1 saturated heterocycles. The van der Waals surface area contributed by atoms with Crippen LogP contribution >= 0.6 is 46.6 Å². The Labute approximate surface area is 198 Å². The van der Waals surface area contributed by atoms with Gasteiger partial charge in [-0.2, -0.15) is 11.8 Å². The maximum atomic E-state index is 13.5. The summed E-state index contributed by atoms with van der Waals surface area (Å²) >= 11 is 20.4. The third-order valence-electron chi connectivity index (χ3n) is 5.21. The Balaban J connectivity index is 1.83. The lowest BCUT2D eigenvalue weighted by Crippen LogP contribution is -2.39. The molecular formula is C21H25Cl3N2O2S2. The van der Waals surface area contributed by atoms with Crippen LogP contribution in [0.3, 0.4) is 0 Å². The van der Waals surface area contributed by atoms with Crippen molar-refractivity contribution in [1.29, 1.82) is 0 Å². The van der Waals surface area contributed by atoms with Gasteiger partial charge < -0.3 is 4.90 Å². The molecular weight excluding hydrogens is 483 g/mol. The summed E-state index contributed by atoms with van der Waals surface area (Å²) in [6.07, 6.45) is 5.26. The van der Waals surface area contributed by atoms with Gasteiger partial charge in [0.25, 0.3) is 10.0 Å². The molecule has 0 saturated carbocycles. The van der Waals surface area contributed by atoms with Gasteiger partial charge in [0.15, 0.2) is 0 Å². The number of rotatable bonds is 8. The number of hydrogen-bond donors (Lipinski definition) is 0. The van der Waals surface area contributed by atoms with Crippen LogP contribution in [0.1, 0.15) is 19.3 Å². The maximum Gasteiger partial charge on any atom is 0.264 e. The summed E-state index contributed by atoms with van der Waals surface area (Å²) in [5.41, 5.74) is 0.389. The van der Waals surface area contributed by atoms with E-state index >= 15 is 0 Å². The number of nitrogens with zero attached hydrogens (tertiary/aromatic N) is 2. The molecule has 1 aliphatic rings. The van der Waals surface area contributed by atoms with Gasteiger partial charge in [0.2, 0.25) is 0 Å². The molecule has 0 N–H and O–H groups in total. The molecule has 1 unspecified atom stereocenters. The molecule has 3 rings (SSSR count). The van der Waals surface area contributed by atoms with E-state index < -0.39 is 10.0 Å². The Morgan fingerprint density at radius 1 is 1.10 bits per heavy atom. The van der Waals surface area contributed by atoms with Gasteiger partial charge in [-0.25, -0.2) is 8.42 Å². The summed E-state index contributed by atoms with van der Waals surface area (Å²) in [7, 11) is -3.82. The molecule has 0 aromatic heterocycles. The number of anilines is 1. The van der Waals surface area contributed by atoms with Gasteiger partial charge in [0, 0.05) is 28.4 Å². The highest BCUT2D eigenvalue weighted by molar-refractivity contribution is 7.99. The summed E-state index contributed by atoms with van der Waals surface area (Å²) in [6, 6.07) is 11.0. The number of thioether (sulfide) groups is 1. The van der Waals surface area contributed by atoms with Crippen molar-refractivity contribution in [3.05, 3.63) is 57.5 Å². The number of halogens is 3. The molecule has 0 amide bonds. The molecule has 164 valence electrons. The fourth-order valence-corrected chi connectivity index (χ4v) is 6.47. The van der Waals surface area contributed by atoms with Gasteiger partial charge in [-0.3, -0.25) is 4.31 Å². The first kappa shape index (κ1) is 24.0. The van der Waals surface area contributed by atoms with E-state index in [1.807, 2.05) is 11.8 Å². The SMILES string of the molecule is CSC1CCCN(CCCN(c2cc(Cl)ccc2Cl)S(=O)(=O)c2ccc(Cl)cc2)C1. The summed E-state index contributed by atoms with van der Waals surface area (Å²) in [4.78, 5) is 2.58. The monoisotopic (exact) mass is 506 g/mol. The number of sulfonamides is 1. The third-order valence-corrected chi connectivity index (χ3v) is 8.90. The lowest BCUT2D eigenvalue weighted by Gasteiger charge is -2.32. The van der Waals surface area contributed by atoms with Gasteiger partial charge in [-0.15, -0.1) is 0 Å². The predicted molar refractivity (Wildman–Crippen MR) is 130 cm³/mol. The number of likely N-dealkylation sites (tertiary alicyclic amines) is 1. The highest BCUT2D eigenvalue weighted by atomic mass is 35.5. The Morgan fingerprint density at radius 2 is 1.80 bits per heavy atom. The van der Waals surface area contributed by atoms with Crippen molar-refractivity contribution in [3.63, 3.8) is 0 Å². The largest absolute Gasteiger partial charge is 0.302 e. The second-order valence-electron chi connectivity index (χ2n) is 7.28. The second kappa shape index (κ2) is 10.8. The van der Waals surface area contributed by atoms with Crippen LogP contribution < -0.4 is 4.31 Å². The van der Waals surface area contributed by atoms with Gasteiger partial charge in [0.05, 0.1) is 15.6 Å². The molecule has 0 spiro atoms. The first-order valence-corrected chi connectivity index (χ1v) is 13.7. The molecule has 1 atom stereocenters. The molecule has 1 heterocycles. The van der Waals surface area contributed by atoms with Gasteiger partial charge in [-0.05, 0) is 81.1 Å². The summed E-state index contributed by atoms with van der Waals surface area (Å²) in [6.45, 7) is 3.25. The molecule has 30 heavy (non-hydrogen) atoms. The molecule has 1 fully saturated rings. The topological polar surface area (TPSA) is 40.6 Å². The Hall–Kier alpha value is -0.630. The van der Waals surface area contributed by atoms with Crippen molar-refractivity contribution in [2.45, 2.75) is 29.4 Å². The number of hydrogen-bond acceptors (Lipinski definition) is 4. The molecule has 9 heteroatoms. The van der Waals surface area contributed by atoms with Crippen LogP contribution in [0, 0.1) is 0 Å². The first-order chi connectivity index (χ1) is 14.3. The van der Waals surface area contributed by atoms with E-state index in [1.165, 1.54) is 29.3 Å². The van der Waals surface area contributed by atoms with E-state index in [2.05, 4.69) is 11.2 Å². The van der Waals surface area contributed by atoms with E-state index in [-0.39, 0.29) is 4.90 Å². The highest BCUT2D eigenvalue weighted by Crippen LogP contribution is 2.33. The summed E-state index contributed by atoms with van der Waals surface area (Å²) in [5.74, 6) is 0. The zero-order valence-corrected chi connectivity index (χ0v) is 20.6. The normalized spacial score (nSPS) is 17.8. The van der Waals surface area contributed by atoms with Crippen LogP contribution in [0.25, 0.3) is 0 Å². The van der Waals surface area contributed by atoms with Crippen LogP contribution in [0.15, 0.2) is 47.4 Å². The minimum Gasteiger partial charge on any atom is -0.302 e. The van der Waals surface area contributed by atoms with Gasteiger partial charge in [-0.1, -0.05) is 34.8 Å². The molecule has 1 aliphatic heterocycles. The van der Waals surface area contributed by atoms with Crippen molar-refractivity contribution < 1.29 is 8.42 Å². The fraction of sp³-hybridized carbons (Fsp3) is 0.429. The lowest BCUT2D eigenvalue weighted by molar-refractivity contribution is 0.233. The first-order valence-electron chi connectivity index (χ1n) is 9.80. The minimum atomic E-state index is -3.82. The molecule has 0 aliphatic carbocycles. The molecule has 2 aromatic rings. The van der Waals surface area contributed by atoms with Gasteiger partial charge >= 0.3 is 0 Å². The van der Waals surface area contributed by atoms with Gasteiger partial charge in [0.1, 0.15) is 0 Å². The average molecular weight is 508 g/mol. The van der Waals surface area contributed by atoms with Crippen LogP contribution in [0.5, 0.6) is 0 Å². The van der Waals surface area contributed by atoms with Crippen molar-refractivity contribution in [3.8, 4) is 0 Å². The molecule has 2 aromatic carbocycles. The quantitative estimate of drug-likeness (QED) is 0.435. The maximum absolute atomic E-state index is 13.5. The lowest BCUT2D eigenvalue weighted by atomic mass is 10.1. The van der Waals surface area contributed by atoms with Crippen LogP contribution in [0.2, 0.25) is 15.1 Å². The molecule has 4 nitrogen and oxygen atoms in total. The van der Waals surface area contributed by atoms with E-state index in [9.17, 15) is 8.42 Å². The van der Waals surface area contributed by atoms with Crippen molar-refractivity contribution in [1.82, 2.24) is 4.90 Å². The third kappa shape index (κ3) is 5.99. The van der Waals surface area contributed by atoms with E-state index in [0.717, 1.165) is 19.6 Å². The van der Waals surface area contributed by atoms with Crippen molar-refractivity contribution in [2.24, 2.45) is 0 Å². The van der Waals surface area contributed by atoms with Crippen LogP contribution in [-0.4, -0.2) is 51.0 Å². The standard InChI is InChI=1S/C21H25Cl3N2O2S2/c1-29-18-4-2-11-25(15-18)12-3-13-26(21-14-17(23)7-10-20(21)24)30(27,28)19-8-5-16(22)6-9-19/h5-10,14,18H,2-4,11-13,15H2,1H3. The Kier molecular flexibility index (Phi) is 8.64. The van der Waals surface area contributed by atoms with Crippen molar-refractivity contribution in [2.75, 3.05) is 36.7 Å². The summed E-state index contributed by atoms with van der Waals surface area (Å²) < 4.78 is 28.3. The summed E-state index contributed by atoms with van der Waals surface area (Å²) in [5, 5.41) is 1.91. The van der Waals surface area contributed by atoms with E-state index in [4.69, 9.17) is 34.8 Å². The molecule has 0 radical (unpaired) electrons. The Bertz CT molecular complexity index is 955. The minimum absolute atomic E-state index is 0.170.